The number of nitrogens with one attached hydrogen (secondary N) is 3. The summed E-state index contributed by atoms with van der Waals surface area (Å²) in [6.07, 6.45) is 2.29. The number of pyridine rings is 1. The Kier molecular flexibility index (Phi) is 5.61. The Balaban J connectivity index is 1.67. The summed E-state index contributed by atoms with van der Waals surface area (Å²) in [5.74, 6) is 0.880. The highest BCUT2D eigenvalue weighted by molar-refractivity contribution is 5.96. The number of benzene rings is 1. The molecule has 7 heteroatoms. The molecular weight excluding hydrogens is 342 g/mol. The first-order valence-corrected chi connectivity index (χ1v) is 8.74. The number of aromatic amines is 1. The van der Waals surface area contributed by atoms with Crippen molar-refractivity contribution in [3.8, 4) is 11.4 Å². The Labute approximate surface area is 156 Å². The third kappa shape index (κ3) is 4.78. The molecule has 0 saturated carbocycles. The lowest BCUT2D eigenvalue weighted by Gasteiger charge is -2.15. The summed E-state index contributed by atoms with van der Waals surface area (Å²) in [6, 6.07) is 13.8. The van der Waals surface area contributed by atoms with E-state index < -0.39 is 6.04 Å². The number of amides is 1. The van der Waals surface area contributed by atoms with Crippen molar-refractivity contribution in [3.05, 3.63) is 70.8 Å². The fraction of sp³-hybridized carbons (Fsp3) is 0.200. The molecule has 3 rings (SSSR count). The van der Waals surface area contributed by atoms with Crippen LogP contribution in [0.25, 0.3) is 11.4 Å². The molecule has 0 aliphatic heterocycles. The Morgan fingerprint density at radius 1 is 1.19 bits per heavy atom. The minimum atomic E-state index is -0.468. The lowest BCUT2D eigenvalue weighted by atomic mass is 10.2. The van der Waals surface area contributed by atoms with Gasteiger partial charge in [0.2, 0.25) is 5.91 Å². The first-order chi connectivity index (χ1) is 13.0. The monoisotopic (exact) mass is 363 g/mol. The number of hydrogen-bond acceptors (Lipinski definition) is 5. The normalized spacial score (nSPS) is 11.6. The predicted octanol–water partition coefficient (Wildman–Crippen LogP) is 2.83. The SMILES string of the molecule is CCc1cc(=O)[nH]c(-c2ccc(NC(C)C(=O)Nc3ccccc3)nc2)n1. The van der Waals surface area contributed by atoms with E-state index in [2.05, 4.69) is 25.6 Å². The fourth-order valence-corrected chi connectivity index (χ4v) is 2.50. The van der Waals surface area contributed by atoms with Crippen LogP contribution in [0.3, 0.4) is 0 Å². The van der Waals surface area contributed by atoms with Gasteiger partial charge >= 0.3 is 0 Å². The van der Waals surface area contributed by atoms with E-state index in [0.717, 1.165) is 11.4 Å². The topological polar surface area (TPSA) is 99.8 Å². The molecule has 7 nitrogen and oxygen atoms in total. The van der Waals surface area contributed by atoms with Crippen LogP contribution in [0.4, 0.5) is 11.5 Å². The minimum absolute atomic E-state index is 0.159. The van der Waals surface area contributed by atoms with Gasteiger partial charge < -0.3 is 15.6 Å². The molecule has 1 atom stereocenters. The van der Waals surface area contributed by atoms with Crippen molar-refractivity contribution in [1.29, 1.82) is 0 Å². The molecule has 0 saturated heterocycles. The number of H-pyrrole nitrogens is 1. The second-order valence-corrected chi connectivity index (χ2v) is 6.09. The van der Waals surface area contributed by atoms with Gasteiger partial charge in [0.1, 0.15) is 17.7 Å². The number of carbonyl (C=O) groups excluding carboxylic acids is 1. The summed E-state index contributed by atoms with van der Waals surface area (Å²) in [7, 11) is 0. The van der Waals surface area contributed by atoms with E-state index in [1.54, 1.807) is 25.3 Å². The molecular formula is C20H21N5O2. The highest BCUT2D eigenvalue weighted by Crippen LogP contribution is 2.16. The van der Waals surface area contributed by atoms with Crippen molar-refractivity contribution in [2.75, 3.05) is 10.6 Å². The number of hydrogen-bond donors (Lipinski definition) is 3. The molecule has 3 N–H and O–H groups in total. The quantitative estimate of drug-likeness (QED) is 0.625. The third-order valence-corrected chi connectivity index (χ3v) is 3.99. The maximum Gasteiger partial charge on any atom is 0.251 e. The van der Waals surface area contributed by atoms with Crippen LogP contribution in [0.15, 0.2) is 59.5 Å². The van der Waals surface area contributed by atoms with E-state index >= 15 is 0 Å². The summed E-state index contributed by atoms with van der Waals surface area (Å²) < 4.78 is 0. The van der Waals surface area contributed by atoms with Gasteiger partial charge in [-0.1, -0.05) is 25.1 Å². The van der Waals surface area contributed by atoms with E-state index in [0.29, 0.717) is 23.6 Å². The lowest BCUT2D eigenvalue weighted by molar-refractivity contribution is -0.116. The van der Waals surface area contributed by atoms with Crippen LogP contribution in [0.1, 0.15) is 19.5 Å². The van der Waals surface area contributed by atoms with Crippen molar-refractivity contribution < 1.29 is 4.79 Å². The van der Waals surface area contributed by atoms with Gasteiger partial charge in [-0.2, -0.15) is 0 Å². The molecule has 0 radical (unpaired) electrons. The Morgan fingerprint density at radius 2 is 1.96 bits per heavy atom. The minimum Gasteiger partial charge on any atom is -0.359 e. The summed E-state index contributed by atoms with van der Waals surface area (Å²) in [5, 5.41) is 5.90. The molecule has 1 aromatic carbocycles. The molecule has 138 valence electrons. The second-order valence-electron chi connectivity index (χ2n) is 6.09. The number of anilines is 2. The molecule has 2 heterocycles. The van der Waals surface area contributed by atoms with Gasteiger partial charge in [0.25, 0.3) is 5.56 Å². The first kappa shape index (κ1) is 18.3. The van der Waals surface area contributed by atoms with Gasteiger partial charge in [0.05, 0.1) is 0 Å². The maximum absolute atomic E-state index is 12.3. The van der Waals surface area contributed by atoms with Gasteiger partial charge in [-0.3, -0.25) is 9.59 Å². The molecule has 0 aliphatic rings. The van der Waals surface area contributed by atoms with Gasteiger partial charge in [-0.25, -0.2) is 9.97 Å². The van der Waals surface area contributed by atoms with Crippen LogP contribution >= 0.6 is 0 Å². The number of aromatic nitrogens is 3. The first-order valence-electron chi connectivity index (χ1n) is 8.74. The van der Waals surface area contributed by atoms with E-state index in [-0.39, 0.29) is 11.5 Å². The van der Waals surface area contributed by atoms with E-state index in [9.17, 15) is 9.59 Å². The molecule has 0 bridgehead atoms. The molecule has 2 aromatic heterocycles. The lowest BCUT2D eigenvalue weighted by Crippen LogP contribution is -2.32. The molecule has 3 aromatic rings. The zero-order valence-electron chi connectivity index (χ0n) is 15.2. The van der Waals surface area contributed by atoms with Crippen LogP contribution in [-0.4, -0.2) is 26.9 Å². The number of nitrogens with zero attached hydrogens (tertiary/aromatic N) is 2. The van der Waals surface area contributed by atoms with Crippen molar-refractivity contribution in [3.63, 3.8) is 0 Å². The summed E-state index contributed by atoms with van der Waals surface area (Å²) >= 11 is 0. The van der Waals surface area contributed by atoms with Crippen molar-refractivity contribution in [2.45, 2.75) is 26.3 Å². The van der Waals surface area contributed by atoms with Crippen LogP contribution in [0.5, 0.6) is 0 Å². The number of carbonyl (C=O) groups is 1. The molecule has 1 amide bonds. The molecule has 27 heavy (non-hydrogen) atoms. The molecule has 0 spiro atoms. The van der Waals surface area contributed by atoms with Gasteiger partial charge in [0.15, 0.2) is 0 Å². The van der Waals surface area contributed by atoms with Crippen LogP contribution in [-0.2, 0) is 11.2 Å². The van der Waals surface area contributed by atoms with E-state index in [4.69, 9.17) is 0 Å². The van der Waals surface area contributed by atoms with Crippen molar-refractivity contribution in [1.82, 2.24) is 15.0 Å². The number of para-hydroxylation sites is 1. The highest BCUT2D eigenvalue weighted by atomic mass is 16.2. The predicted molar refractivity (Wildman–Crippen MR) is 106 cm³/mol. The highest BCUT2D eigenvalue weighted by Gasteiger charge is 2.13. The smallest absolute Gasteiger partial charge is 0.251 e. The summed E-state index contributed by atoms with van der Waals surface area (Å²) in [5.41, 5.74) is 1.98. The van der Waals surface area contributed by atoms with E-state index in [1.807, 2.05) is 37.3 Å². The average molecular weight is 363 g/mol. The average Bonchev–Trinajstić information content (AvgIpc) is 2.68. The number of rotatable bonds is 6. The Bertz CT molecular complexity index is 968. The Morgan fingerprint density at radius 3 is 2.63 bits per heavy atom. The van der Waals surface area contributed by atoms with E-state index in [1.165, 1.54) is 6.07 Å². The van der Waals surface area contributed by atoms with Gasteiger partial charge in [0, 0.05) is 29.2 Å². The van der Waals surface area contributed by atoms with Crippen LogP contribution < -0.4 is 16.2 Å². The van der Waals surface area contributed by atoms with Crippen LogP contribution in [0.2, 0.25) is 0 Å². The standard InChI is InChI=1S/C20H21N5O2/c1-3-15-11-18(26)25-19(23-15)14-9-10-17(21-12-14)22-13(2)20(27)24-16-7-5-4-6-8-16/h4-13H,3H2,1-2H3,(H,21,22)(H,24,27)(H,23,25,26). The zero-order chi connectivity index (χ0) is 19.2. The Hall–Kier alpha value is -3.48. The fourth-order valence-electron chi connectivity index (χ4n) is 2.50. The van der Waals surface area contributed by atoms with Crippen LogP contribution in [0, 0.1) is 0 Å². The zero-order valence-corrected chi connectivity index (χ0v) is 15.2. The third-order valence-electron chi connectivity index (χ3n) is 3.99. The van der Waals surface area contributed by atoms with Gasteiger partial charge in [-0.05, 0) is 37.6 Å². The summed E-state index contributed by atoms with van der Waals surface area (Å²) in [4.78, 5) is 35.4. The molecule has 0 aliphatic carbocycles. The second kappa shape index (κ2) is 8.27. The van der Waals surface area contributed by atoms with Gasteiger partial charge in [-0.15, -0.1) is 0 Å². The largest absolute Gasteiger partial charge is 0.359 e. The van der Waals surface area contributed by atoms with Crippen molar-refractivity contribution >= 4 is 17.4 Å². The number of aryl methyl sites for hydroxylation is 1. The maximum atomic E-state index is 12.3. The summed E-state index contributed by atoms with van der Waals surface area (Å²) in [6.45, 7) is 3.70. The molecule has 0 fully saturated rings. The molecule has 1 unspecified atom stereocenters. The van der Waals surface area contributed by atoms with Crippen molar-refractivity contribution in [2.24, 2.45) is 0 Å².